The molecule has 1 atom stereocenters. The summed E-state index contributed by atoms with van der Waals surface area (Å²) in [6, 6.07) is 0.518. The minimum Gasteiger partial charge on any atom is -0.385 e. The average molecular weight is 223 g/mol. The normalized spacial score (nSPS) is 20.4. The van der Waals surface area contributed by atoms with Crippen LogP contribution in [0.25, 0.3) is 0 Å². The number of imidazole rings is 1. The first-order chi connectivity index (χ1) is 7.92. The second-order valence-corrected chi connectivity index (χ2v) is 4.36. The van der Waals surface area contributed by atoms with Gasteiger partial charge in [0.25, 0.3) is 0 Å². The quantitative estimate of drug-likeness (QED) is 0.747. The van der Waals surface area contributed by atoms with Crippen LogP contribution in [0.5, 0.6) is 0 Å². The molecule has 1 saturated heterocycles. The molecule has 1 N–H and O–H groups in total. The molecule has 0 aromatic carbocycles. The van der Waals surface area contributed by atoms with Crippen LogP contribution in [-0.2, 0) is 11.3 Å². The highest BCUT2D eigenvalue weighted by atomic mass is 16.5. The van der Waals surface area contributed by atoms with Crippen molar-refractivity contribution < 1.29 is 4.74 Å². The van der Waals surface area contributed by atoms with Gasteiger partial charge in [-0.15, -0.1) is 0 Å². The van der Waals surface area contributed by atoms with Crippen molar-refractivity contribution in [2.75, 3.05) is 20.3 Å². The minimum atomic E-state index is 0.518. The van der Waals surface area contributed by atoms with Crippen molar-refractivity contribution in [1.82, 2.24) is 14.9 Å². The monoisotopic (exact) mass is 223 g/mol. The molecule has 16 heavy (non-hydrogen) atoms. The van der Waals surface area contributed by atoms with E-state index in [2.05, 4.69) is 14.9 Å². The highest BCUT2D eigenvalue weighted by Gasteiger charge is 2.19. The van der Waals surface area contributed by atoms with E-state index < -0.39 is 0 Å². The van der Waals surface area contributed by atoms with Crippen LogP contribution in [0.2, 0.25) is 0 Å². The van der Waals surface area contributed by atoms with Gasteiger partial charge in [0.2, 0.25) is 0 Å². The van der Waals surface area contributed by atoms with Gasteiger partial charge in [0.05, 0.1) is 12.0 Å². The lowest BCUT2D eigenvalue weighted by atomic mass is 10.1. The Hall–Kier alpha value is -0.870. The average Bonchev–Trinajstić information content (AvgIpc) is 2.94. The van der Waals surface area contributed by atoms with E-state index in [0.29, 0.717) is 6.04 Å². The Labute approximate surface area is 97.0 Å². The van der Waals surface area contributed by atoms with Gasteiger partial charge < -0.3 is 14.6 Å². The van der Waals surface area contributed by atoms with Crippen LogP contribution in [0.3, 0.4) is 0 Å². The molecule has 90 valence electrons. The van der Waals surface area contributed by atoms with Gasteiger partial charge in [-0.05, 0) is 32.2 Å². The summed E-state index contributed by atoms with van der Waals surface area (Å²) in [7, 11) is 1.76. The summed E-state index contributed by atoms with van der Waals surface area (Å²) in [5, 5.41) is 3.52. The Balaban J connectivity index is 1.86. The summed E-state index contributed by atoms with van der Waals surface area (Å²) in [4.78, 5) is 4.26. The molecule has 1 unspecified atom stereocenters. The van der Waals surface area contributed by atoms with Crippen LogP contribution in [0.1, 0.15) is 37.4 Å². The number of hydrogen-bond donors (Lipinski definition) is 1. The molecule has 2 heterocycles. The van der Waals surface area contributed by atoms with Crippen LogP contribution in [0.15, 0.2) is 12.5 Å². The number of rotatable bonds is 6. The molecule has 1 fully saturated rings. The van der Waals surface area contributed by atoms with Crippen molar-refractivity contribution in [1.29, 1.82) is 0 Å². The van der Waals surface area contributed by atoms with Gasteiger partial charge in [0.1, 0.15) is 0 Å². The van der Waals surface area contributed by atoms with Gasteiger partial charge in [-0.1, -0.05) is 0 Å². The van der Waals surface area contributed by atoms with E-state index in [0.717, 1.165) is 32.5 Å². The van der Waals surface area contributed by atoms with Gasteiger partial charge in [-0.25, -0.2) is 4.98 Å². The van der Waals surface area contributed by atoms with Gasteiger partial charge in [0, 0.05) is 32.5 Å². The number of nitrogens with one attached hydrogen (secondary N) is 1. The molecular weight excluding hydrogens is 202 g/mol. The second kappa shape index (κ2) is 6.01. The predicted octanol–water partition coefficient (Wildman–Crippen LogP) is 1.73. The summed E-state index contributed by atoms with van der Waals surface area (Å²) in [5.74, 6) is 0. The van der Waals surface area contributed by atoms with Crippen LogP contribution in [-0.4, -0.2) is 29.8 Å². The first-order valence-corrected chi connectivity index (χ1v) is 6.14. The molecular formula is C12H21N3O. The molecule has 0 saturated carbocycles. The van der Waals surface area contributed by atoms with E-state index in [1.807, 2.05) is 12.5 Å². The van der Waals surface area contributed by atoms with Crippen molar-refractivity contribution in [3.8, 4) is 0 Å². The van der Waals surface area contributed by atoms with E-state index in [-0.39, 0.29) is 0 Å². The Morgan fingerprint density at radius 1 is 1.56 bits per heavy atom. The Bertz CT molecular complexity index is 305. The van der Waals surface area contributed by atoms with E-state index in [9.17, 15) is 0 Å². The third kappa shape index (κ3) is 2.83. The third-order valence-electron chi connectivity index (χ3n) is 3.16. The van der Waals surface area contributed by atoms with Crippen LogP contribution in [0.4, 0.5) is 0 Å². The molecule has 1 aliphatic heterocycles. The maximum absolute atomic E-state index is 5.05. The molecule has 2 rings (SSSR count). The van der Waals surface area contributed by atoms with Gasteiger partial charge in [0.15, 0.2) is 0 Å². The Morgan fingerprint density at radius 2 is 2.50 bits per heavy atom. The number of unbranched alkanes of at least 4 members (excludes halogenated alkanes) is 1. The zero-order chi connectivity index (χ0) is 11.2. The highest BCUT2D eigenvalue weighted by Crippen LogP contribution is 2.22. The number of hydrogen-bond acceptors (Lipinski definition) is 3. The SMILES string of the molecule is COCCCCn1cncc1C1CCCN1. The summed E-state index contributed by atoms with van der Waals surface area (Å²) >= 11 is 0. The van der Waals surface area contributed by atoms with E-state index in [1.54, 1.807) is 7.11 Å². The zero-order valence-corrected chi connectivity index (χ0v) is 9.98. The molecule has 1 aromatic rings. The fourth-order valence-corrected chi connectivity index (χ4v) is 2.27. The topological polar surface area (TPSA) is 39.1 Å². The maximum Gasteiger partial charge on any atom is 0.0948 e. The lowest BCUT2D eigenvalue weighted by Gasteiger charge is -2.13. The molecule has 0 radical (unpaired) electrons. The van der Waals surface area contributed by atoms with Crippen molar-refractivity contribution in [2.45, 2.75) is 38.3 Å². The molecule has 1 aliphatic rings. The largest absolute Gasteiger partial charge is 0.385 e. The van der Waals surface area contributed by atoms with Gasteiger partial charge >= 0.3 is 0 Å². The van der Waals surface area contributed by atoms with Crippen LogP contribution in [0, 0.1) is 0 Å². The number of methoxy groups -OCH3 is 1. The van der Waals surface area contributed by atoms with Crippen molar-refractivity contribution >= 4 is 0 Å². The minimum absolute atomic E-state index is 0.518. The standard InChI is InChI=1S/C12H21N3O/c1-16-8-3-2-7-15-10-13-9-12(15)11-5-4-6-14-11/h9-11,14H,2-8H2,1H3. The van der Waals surface area contributed by atoms with E-state index in [1.165, 1.54) is 18.5 Å². The summed E-state index contributed by atoms with van der Waals surface area (Å²) in [6.45, 7) is 3.04. The first-order valence-electron chi connectivity index (χ1n) is 6.14. The van der Waals surface area contributed by atoms with Crippen LogP contribution < -0.4 is 5.32 Å². The third-order valence-corrected chi connectivity index (χ3v) is 3.16. The lowest BCUT2D eigenvalue weighted by molar-refractivity contribution is 0.191. The molecule has 0 aliphatic carbocycles. The molecule has 0 spiro atoms. The molecule has 0 amide bonds. The zero-order valence-electron chi connectivity index (χ0n) is 9.98. The Kier molecular flexibility index (Phi) is 4.36. The molecule has 4 nitrogen and oxygen atoms in total. The summed E-state index contributed by atoms with van der Waals surface area (Å²) < 4.78 is 7.33. The lowest BCUT2D eigenvalue weighted by Crippen LogP contribution is -2.17. The summed E-state index contributed by atoms with van der Waals surface area (Å²) in [6.07, 6.45) is 8.74. The van der Waals surface area contributed by atoms with Crippen LogP contribution >= 0.6 is 0 Å². The van der Waals surface area contributed by atoms with E-state index >= 15 is 0 Å². The smallest absolute Gasteiger partial charge is 0.0948 e. The van der Waals surface area contributed by atoms with E-state index in [4.69, 9.17) is 4.74 Å². The number of nitrogens with zero attached hydrogens (tertiary/aromatic N) is 2. The molecule has 1 aromatic heterocycles. The predicted molar refractivity (Wildman–Crippen MR) is 63.3 cm³/mol. The molecule has 0 bridgehead atoms. The number of aromatic nitrogens is 2. The van der Waals surface area contributed by atoms with Crippen molar-refractivity contribution in [3.63, 3.8) is 0 Å². The van der Waals surface area contributed by atoms with Crippen molar-refractivity contribution in [2.24, 2.45) is 0 Å². The van der Waals surface area contributed by atoms with Gasteiger partial charge in [-0.3, -0.25) is 0 Å². The number of ether oxygens (including phenoxy) is 1. The van der Waals surface area contributed by atoms with Gasteiger partial charge in [-0.2, -0.15) is 0 Å². The maximum atomic E-state index is 5.05. The fraction of sp³-hybridized carbons (Fsp3) is 0.750. The fourth-order valence-electron chi connectivity index (χ4n) is 2.27. The first kappa shape index (κ1) is 11.6. The second-order valence-electron chi connectivity index (χ2n) is 4.36. The molecule has 4 heteroatoms. The Morgan fingerprint density at radius 3 is 3.25 bits per heavy atom. The number of aryl methyl sites for hydroxylation is 1. The highest BCUT2D eigenvalue weighted by molar-refractivity contribution is 5.07. The van der Waals surface area contributed by atoms with Crippen molar-refractivity contribution in [3.05, 3.63) is 18.2 Å². The summed E-state index contributed by atoms with van der Waals surface area (Å²) in [5.41, 5.74) is 1.34.